The Morgan fingerprint density at radius 1 is 1.38 bits per heavy atom. The fourth-order valence-corrected chi connectivity index (χ4v) is 3.64. The van der Waals surface area contributed by atoms with Gasteiger partial charge in [0.05, 0.1) is 22.6 Å². The zero-order valence-electron chi connectivity index (χ0n) is 11.9. The minimum atomic E-state index is -0.390. The van der Waals surface area contributed by atoms with Crippen LogP contribution in [-0.4, -0.2) is 47.7 Å². The summed E-state index contributed by atoms with van der Waals surface area (Å²) in [7, 11) is 1.60. The number of fused-ring (bicyclic) bond motifs is 1. The van der Waals surface area contributed by atoms with Gasteiger partial charge >= 0.3 is 5.97 Å². The van der Waals surface area contributed by atoms with Crippen LogP contribution in [0.3, 0.4) is 0 Å². The second kappa shape index (κ2) is 7.42. The van der Waals surface area contributed by atoms with E-state index in [2.05, 4.69) is 4.98 Å². The van der Waals surface area contributed by atoms with E-state index in [1.54, 1.807) is 25.3 Å². The molecule has 7 heteroatoms. The minimum absolute atomic E-state index is 0.0208. The molecule has 21 heavy (non-hydrogen) atoms. The van der Waals surface area contributed by atoms with Crippen LogP contribution in [0.4, 0.5) is 0 Å². The SMILES string of the molecule is CCOC(=O)CN(C)C(=O)CSc1nc2ccccc2s1. The number of rotatable bonds is 6. The molecule has 1 heterocycles. The molecule has 0 spiro atoms. The number of amides is 1. The number of hydrogen-bond acceptors (Lipinski definition) is 6. The molecule has 5 nitrogen and oxygen atoms in total. The highest BCUT2D eigenvalue weighted by Crippen LogP contribution is 2.29. The number of carbonyl (C=O) groups is 2. The second-order valence-electron chi connectivity index (χ2n) is 4.29. The van der Waals surface area contributed by atoms with E-state index in [-0.39, 0.29) is 18.2 Å². The average molecular weight is 324 g/mol. The van der Waals surface area contributed by atoms with Gasteiger partial charge in [-0.05, 0) is 19.1 Å². The largest absolute Gasteiger partial charge is 0.465 e. The summed E-state index contributed by atoms with van der Waals surface area (Å²) in [5.41, 5.74) is 0.942. The topological polar surface area (TPSA) is 59.5 Å². The standard InChI is InChI=1S/C14H16N2O3S2/c1-3-19-13(18)8-16(2)12(17)9-20-14-15-10-6-4-5-7-11(10)21-14/h4-7H,3,8-9H2,1-2H3. The van der Waals surface area contributed by atoms with Crippen LogP contribution in [0.5, 0.6) is 0 Å². The molecule has 0 atom stereocenters. The second-order valence-corrected chi connectivity index (χ2v) is 6.54. The van der Waals surface area contributed by atoms with Crippen molar-refractivity contribution >= 4 is 45.2 Å². The lowest BCUT2D eigenvalue weighted by molar-refractivity contribution is -0.147. The Morgan fingerprint density at radius 2 is 2.14 bits per heavy atom. The third-order valence-corrected chi connectivity index (χ3v) is 4.85. The number of ether oxygens (including phenoxy) is 1. The smallest absolute Gasteiger partial charge is 0.325 e. The molecule has 0 bridgehead atoms. The van der Waals surface area contributed by atoms with Crippen molar-refractivity contribution < 1.29 is 14.3 Å². The van der Waals surface area contributed by atoms with E-state index >= 15 is 0 Å². The molecule has 1 aromatic heterocycles. The fourth-order valence-electron chi connectivity index (χ4n) is 1.63. The van der Waals surface area contributed by atoms with Crippen LogP contribution in [0.15, 0.2) is 28.6 Å². The molecule has 112 valence electrons. The van der Waals surface area contributed by atoms with Gasteiger partial charge in [0.15, 0.2) is 4.34 Å². The van der Waals surface area contributed by atoms with Crippen molar-refractivity contribution in [3.63, 3.8) is 0 Å². The Labute approximate surface area is 131 Å². The van der Waals surface area contributed by atoms with Gasteiger partial charge in [-0.3, -0.25) is 9.59 Å². The van der Waals surface area contributed by atoms with Crippen LogP contribution in [-0.2, 0) is 14.3 Å². The molecule has 0 saturated carbocycles. The molecule has 2 rings (SSSR count). The molecule has 0 aliphatic carbocycles. The molecular weight excluding hydrogens is 308 g/mol. The first-order chi connectivity index (χ1) is 10.1. The molecule has 0 unspecified atom stereocenters. The quantitative estimate of drug-likeness (QED) is 0.603. The summed E-state index contributed by atoms with van der Waals surface area (Å²) in [6.07, 6.45) is 0. The monoisotopic (exact) mass is 324 g/mol. The summed E-state index contributed by atoms with van der Waals surface area (Å²) in [6, 6.07) is 7.86. The first-order valence-corrected chi connectivity index (χ1v) is 8.28. The molecule has 0 aliphatic heterocycles. The van der Waals surface area contributed by atoms with Crippen molar-refractivity contribution in [3.8, 4) is 0 Å². The van der Waals surface area contributed by atoms with E-state index in [1.807, 2.05) is 24.3 Å². The third-order valence-electron chi connectivity index (χ3n) is 2.69. The lowest BCUT2D eigenvalue weighted by atomic mass is 10.3. The van der Waals surface area contributed by atoms with Gasteiger partial charge in [-0.25, -0.2) is 4.98 Å². The number of likely N-dealkylation sites (N-methyl/N-ethyl adjacent to an activating group) is 1. The fraction of sp³-hybridized carbons (Fsp3) is 0.357. The maximum Gasteiger partial charge on any atom is 0.325 e. The van der Waals surface area contributed by atoms with Crippen molar-refractivity contribution in [2.75, 3.05) is 26.0 Å². The number of hydrogen-bond donors (Lipinski definition) is 0. The number of para-hydroxylation sites is 1. The summed E-state index contributed by atoms with van der Waals surface area (Å²) in [5.74, 6) is -0.249. The first-order valence-electron chi connectivity index (χ1n) is 6.48. The molecule has 1 amide bonds. The lowest BCUT2D eigenvalue weighted by Gasteiger charge is -2.15. The van der Waals surface area contributed by atoms with Crippen LogP contribution < -0.4 is 0 Å². The number of nitrogens with zero attached hydrogens (tertiary/aromatic N) is 2. The Hall–Kier alpha value is -1.60. The summed E-state index contributed by atoms with van der Waals surface area (Å²) in [6.45, 7) is 2.04. The number of benzene rings is 1. The van der Waals surface area contributed by atoms with Crippen LogP contribution in [0.25, 0.3) is 10.2 Å². The van der Waals surface area contributed by atoms with E-state index in [0.29, 0.717) is 6.61 Å². The molecule has 0 N–H and O–H groups in total. The number of esters is 1. The number of carbonyl (C=O) groups excluding carboxylic acids is 2. The van der Waals surface area contributed by atoms with Gasteiger partial charge < -0.3 is 9.64 Å². The Morgan fingerprint density at radius 3 is 2.86 bits per heavy atom. The van der Waals surface area contributed by atoms with Crippen LogP contribution in [0.1, 0.15) is 6.92 Å². The summed E-state index contributed by atoms with van der Waals surface area (Å²) in [4.78, 5) is 29.1. The Bertz CT molecular complexity index is 609. The van der Waals surface area contributed by atoms with Gasteiger partial charge in [0.2, 0.25) is 5.91 Å². The van der Waals surface area contributed by atoms with Gasteiger partial charge in [-0.1, -0.05) is 23.9 Å². The lowest BCUT2D eigenvalue weighted by Crippen LogP contribution is -2.34. The van der Waals surface area contributed by atoms with Crippen molar-refractivity contribution in [2.24, 2.45) is 0 Å². The molecule has 0 aliphatic rings. The first kappa shape index (κ1) is 15.8. The zero-order chi connectivity index (χ0) is 15.2. The van der Waals surface area contributed by atoms with Gasteiger partial charge in [-0.2, -0.15) is 0 Å². The van der Waals surface area contributed by atoms with Crippen molar-refractivity contribution in [1.82, 2.24) is 9.88 Å². The summed E-state index contributed by atoms with van der Waals surface area (Å²) >= 11 is 2.95. The maximum absolute atomic E-state index is 11.9. The highest BCUT2D eigenvalue weighted by Gasteiger charge is 2.15. The van der Waals surface area contributed by atoms with E-state index < -0.39 is 5.97 Å². The molecular formula is C14H16N2O3S2. The molecule has 0 radical (unpaired) electrons. The average Bonchev–Trinajstić information content (AvgIpc) is 2.87. The Balaban J connectivity index is 1.87. The van der Waals surface area contributed by atoms with E-state index in [1.165, 1.54) is 16.7 Å². The predicted molar refractivity (Wildman–Crippen MR) is 84.6 cm³/mol. The van der Waals surface area contributed by atoms with Crippen molar-refractivity contribution in [3.05, 3.63) is 24.3 Å². The van der Waals surface area contributed by atoms with E-state index in [0.717, 1.165) is 14.6 Å². The van der Waals surface area contributed by atoms with Crippen LogP contribution in [0, 0.1) is 0 Å². The highest BCUT2D eigenvalue weighted by molar-refractivity contribution is 8.01. The minimum Gasteiger partial charge on any atom is -0.465 e. The van der Waals surface area contributed by atoms with Crippen molar-refractivity contribution in [1.29, 1.82) is 0 Å². The molecule has 1 aromatic carbocycles. The Kier molecular flexibility index (Phi) is 5.58. The number of aromatic nitrogens is 1. The van der Waals surface area contributed by atoms with Gasteiger partial charge in [-0.15, -0.1) is 11.3 Å². The van der Waals surface area contributed by atoms with Gasteiger partial charge in [0.1, 0.15) is 6.54 Å². The van der Waals surface area contributed by atoms with Gasteiger partial charge in [0.25, 0.3) is 0 Å². The molecule has 2 aromatic rings. The van der Waals surface area contributed by atoms with E-state index in [9.17, 15) is 9.59 Å². The normalized spacial score (nSPS) is 10.6. The van der Waals surface area contributed by atoms with Crippen LogP contribution in [0.2, 0.25) is 0 Å². The number of thiazole rings is 1. The summed E-state index contributed by atoms with van der Waals surface area (Å²) in [5, 5.41) is 0. The summed E-state index contributed by atoms with van der Waals surface area (Å²) < 4.78 is 6.78. The molecule has 0 fully saturated rings. The van der Waals surface area contributed by atoms with Gasteiger partial charge in [0, 0.05) is 7.05 Å². The maximum atomic E-state index is 11.9. The number of thioether (sulfide) groups is 1. The van der Waals surface area contributed by atoms with Crippen molar-refractivity contribution in [2.45, 2.75) is 11.3 Å². The van der Waals surface area contributed by atoms with E-state index in [4.69, 9.17) is 4.74 Å². The predicted octanol–water partition coefficient (Wildman–Crippen LogP) is 2.41. The highest BCUT2D eigenvalue weighted by atomic mass is 32.2. The zero-order valence-corrected chi connectivity index (χ0v) is 13.5. The third kappa shape index (κ3) is 4.44. The van der Waals surface area contributed by atoms with Crippen LogP contribution >= 0.6 is 23.1 Å². The molecule has 0 saturated heterocycles.